The minimum atomic E-state index is -0.469. The molecule has 1 aromatic heterocycles. The van der Waals surface area contributed by atoms with Gasteiger partial charge in [0.2, 0.25) is 5.95 Å². The third-order valence-corrected chi connectivity index (χ3v) is 3.69. The maximum atomic E-state index is 12.7. The summed E-state index contributed by atoms with van der Waals surface area (Å²) < 4.78 is 15.3. The first kappa shape index (κ1) is 11.4. The first-order valence-electron chi connectivity index (χ1n) is 5.29. The fourth-order valence-electron chi connectivity index (χ4n) is 1.75. The number of thiazole rings is 1. The molecule has 0 N–H and O–H groups in total. The third kappa shape index (κ3) is 2.16. The molecule has 1 aromatic rings. The summed E-state index contributed by atoms with van der Waals surface area (Å²) in [5, 5.41) is 0. The lowest BCUT2D eigenvalue weighted by molar-refractivity contribution is 0.581. The second-order valence-corrected chi connectivity index (χ2v) is 5.47. The van der Waals surface area contributed by atoms with Crippen molar-refractivity contribution < 1.29 is 4.39 Å². The van der Waals surface area contributed by atoms with Gasteiger partial charge in [0, 0.05) is 12.4 Å². The van der Waals surface area contributed by atoms with Crippen LogP contribution < -0.4 is 0 Å². The van der Waals surface area contributed by atoms with Crippen LogP contribution in [0.3, 0.4) is 0 Å². The molecular weight excluding hydrogens is 269 g/mol. The van der Waals surface area contributed by atoms with Crippen LogP contribution in [0.1, 0.15) is 5.56 Å². The van der Waals surface area contributed by atoms with E-state index in [2.05, 4.69) is 9.97 Å². The molecule has 0 saturated heterocycles. The fraction of sp³-hybridized carbons (Fsp3) is 0.0833. The quantitative estimate of drug-likeness (QED) is 0.531. The molecule has 0 aliphatic carbocycles. The fourth-order valence-corrected chi connectivity index (χ4v) is 2.82. The molecule has 3 rings (SSSR count). The molecule has 2 aliphatic rings. The molecule has 0 unspecified atom stereocenters. The number of rotatable bonds is 2. The van der Waals surface area contributed by atoms with Gasteiger partial charge in [-0.3, -0.25) is 0 Å². The lowest BCUT2D eigenvalue weighted by atomic mass is 10.2. The number of hydrogen-bond acceptors (Lipinski definition) is 4. The van der Waals surface area contributed by atoms with Crippen LogP contribution in [-0.2, 0) is 6.54 Å². The van der Waals surface area contributed by atoms with Crippen molar-refractivity contribution in [1.29, 1.82) is 0 Å². The van der Waals surface area contributed by atoms with Gasteiger partial charge in [0.25, 0.3) is 0 Å². The van der Waals surface area contributed by atoms with E-state index in [4.69, 9.17) is 12.2 Å². The van der Waals surface area contributed by atoms with E-state index < -0.39 is 5.95 Å². The molecule has 3 nitrogen and oxygen atoms in total. The highest BCUT2D eigenvalue weighted by Crippen LogP contribution is 2.26. The average Bonchev–Trinajstić information content (AvgIpc) is 2.73. The Balaban J connectivity index is 2.00. The van der Waals surface area contributed by atoms with Crippen LogP contribution in [0.15, 0.2) is 36.7 Å². The molecule has 3 heterocycles. The van der Waals surface area contributed by atoms with Crippen LogP contribution in [0.2, 0.25) is 0 Å². The van der Waals surface area contributed by atoms with Gasteiger partial charge in [-0.25, -0.2) is 9.97 Å². The number of fused-ring (bicyclic) bond motifs is 1. The maximum Gasteiger partial charge on any atom is 0.212 e. The van der Waals surface area contributed by atoms with Crippen LogP contribution in [0.25, 0.3) is 10.7 Å². The van der Waals surface area contributed by atoms with Gasteiger partial charge >= 0.3 is 0 Å². The van der Waals surface area contributed by atoms with Crippen LogP contribution in [0.5, 0.6) is 0 Å². The van der Waals surface area contributed by atoms with Gasteiger partial charge in [0.15, 0.2) is 9.78 Å². The van der Waals surface area contributed by atoms with E-state index in [0.29, 0.717) is 10.5 Å². The monoisotopic (exact) mass is 277 g/mol. The van der Waals surface area contributed by atoms with Gasteiger partial charge in [-0.1, -0.05) is 6.07 Å². The van der Waals surface area contributed by atoms with Crippen LogP contribution in [-0.4, -0.2) is 14.5 Å². The molecule has 0 spiro atoms. The van der Waals surface area contributed by atoms with Crippen molar-refractivity contribution in [3.63, 3.8) is 0 Å². The second kappa shape index (κ2) is 4.55. The molecule has 0 amide bonds. The standard InChI is InChI=1S/C12H8FN3S2/c13-10-4-3-8(6-14-10)7-16-5-1-2-9-11(16)15-12(17)18-9/h1-6H,7H2. The van der Waals surface area contributed by atoms with Crippen molar-refractivity contribution in [2.24, 2.45) is 0 Å². The Morgan fingerprint density at radius 1 is 1.33 bits per heavy atom. The summed E-state index contributed by atoms with van der Waals surface area (Å²) in [7, 11) is 0. The van der Waals surface area contributed by atoms with E-state index in [1.807, 2.05) is 22.9 Å². The Hall–Kier alpha value is -1.66. The summed E-state index contributed by atoms with van der Waals surface area (Å²) in [6.07, 6.45) is 3.46. The Labute approximate surface area is 112 Å². The highest BCUT2D eigenvalue weighted by molar-refractivity contribution is 7.73. The first-order valence-corrected chi connectivity index (χ1v) is 6.51. The summed E-state index contributed by atoms with van der Waals surface area (Å²) in [5.74, 6) is 0.389. The molecule has 18 heavy (non-hydrogen) atoms. The third-order valence-electron chi connectivity index (χ3n) is 2.54. The lowest BCUT2D eigenvalue weighted by Gasteiger charge is -2.10. The van der Waals surface area contributed by atoms with Crippen molar-refractivity contribution in [1.82, 2.24) is 14.5 Å². The summed E-state index contributed by atoms with van der Waals surface area (Å²) in [6, 6.07) is 7.01. The lowest BCUT2D eigenvalue weighted by Crippen LogP contribution is -2.04. The minimum Gasteiger partial charge on any atom is -0.327 e. The van der Waals surface area contributed by atoms with Crippen molar-refractivity contribution in [2.45, 2.75) is 6.54 Å². The highest BCUT2D eigenvalue weighted by atomic mass is 32.1. The Bertz CT molecular complexity index is 702. The molecule has 90 valence electrons. The van der Waals surface area contributed by atoms with Crippen molar-refractivity contribution in [3.05, 3.63) is 52.1 Å². The Kier molecular flexibility index (Phi) is 2.89. The van der Waals surface area contributed by atoms with E-state index >= 15 is 0 Å². The zero-order chi connectivity index (χ0) is 12.5. The summed E-state index contributed by atoms with van der Waals surface area (Å²) in [5.41, 5.74) is 0.924. The van der Waals surface area contributed by atoms with E-state index in [9.17, 15) is 4.39 Å². The number of pyridine rings is 2. The molecule has 2 aliphatic heterocycles. The zero-order valence-corrected chi connectivity index (χ0v) is 10.8. The largest absolute Gasteiger partial charge is 0.327 e. The van der Waals surface area contributed by atoms with Gasteiger partial charge in [-0.2, -0.15) is 4.39 Å². The predicted molar refractivity (Wildman–Crippen MR) is 70.9 cm³/mol. The van der Waals surface area contributed by atoms with Gasteiger partial charge in [-0.15, -0.1) is 11.3 Å². The predicted octanol–water partition coefficient (Wildman–Crippen LogP) is 3.36. The molecule has 0 saturated carbocycles. The van der Waals surface area contributed by atoms with E-state index in [1.54, 1.807) is 6.07 Å². The average molecular weight is 277 g/mol. The Morgan fingerprint density at radius 2 is 2.22 bits per heavy atom. The topological polar surface area (TPSA) is 30.7 Å². The number of aromatic nitrogens is 3. The van der Waals surface area contributed by atoms with Crippen molar-refractivity contribution in [2.75, 3.05) is 0 Å². The van der Waals surface area contributed by atoms with Crippen LogP contribution >= 0.6 is 23.6 Å². The van der Waals surface area contributed by atoms with Gasteiger partial charge in [-0.05, 0) is 36.0 Å². The normalized spacial score (nSPS) is 10.9. The molecule has 0 aromatic carbocycles. The summed E-state index contributed by atoms with van der Waals surface area (Å²) in [6.45, 7) is 0.600. The molecular formula is C12H8FN3S2. The van der Waals surface area contributed by atoms with Crippen LogP contribution in [0.4, 0.5) is 4.39 Å². The van der Waals surface area contributed by atoms with Crippen LogP contribution in [0, 0.1) is 9.90 Å². The van der Waals surface area contributed by atoms with E-state index in [-0.39, 0.29) is 0 Å². The minimum absolute atomic E-state index is 0.469. The molecule has 0 fully saturated rings. The first-order chi connectivity index (χ1) is 8.72. The maximum absolute atomic E-state index is 12.7. The van der Waals surface area contributed by atoms with Gasteiger partial charge < -0.3 is 4.57 Å². The Morgan fingerprint density at radius 3 is 3.00 bits per heavy atom. The zero-order valence-electron chi connectivity index (χ0n) is 9.21. The van der Waals surface area contributed by atoms with E-state index in [0.717, 1.165) is 16.3 Å². The summed E-state index contributed by atoms with van der Waals surface area (Å²) in [4.78, 5) is 9.02. The molecule has 0 radical (unpaired) electrons. The van der Waals surface area contributed by atoms with Gasteiger partial charge in [0.1, 0.15) is 0 Å². The number of halogens is 1. The highest BCUT2D eigenvalue weighted by Gasteiger charge is 2.10. The van der Waals surface area contributed by atoms with E-state index in [1.165, 1.54) is 23.6 Å². The summed E-state index contributed by atoms with van der Waals surface area (Å²) >= 11 is 6.57. The van der Waals surface area contributed by atoms with Crippen molar-refractivity contribution >= 4 is 23.6 Å². The van der Waals surface area contributed by atoms with Gasteiger partial charge in [0.05, 0.1) is 11.4 Å². The number of hydrogen-bond donors (Lipinski definition) is 0. The smallest absolute Gasteiger partial charge is 0.212 e. The number of nitrogens with zero attached hydrogens (tertiary/aromatic N) is 3. The molecule has 0 bridgehead atoms. The second-order valence-electron chi connectivity index (χ2n) is 3.79. The SMILES string of the molecule is Fc1ccc(Cn2cccc3sc(=S)nc2-3)cn1. The van der Waals surface area contributed by atoms with Crippen molar-refractivity contribution in [3.8, 4) is 10.7 Å². The molecule has 6 heteroatoms. The molecule has 0 atom stereocenters.